The van der Waals surface area contributed by atoms with Gasteiger partial charge in [-0.3, -0.25) is 4.98 Å². The summed E-state index contributed by atoms with van der Waals surface area (Å²) in [5.41, 5.74) is 1.12. The number of hydrogen-bond donors (Lipinski definition) is 1. The molecule has 0 aliphatic rings. The molecule has 0 radical (unpaired) electrons. The molecule has 0 unspecified atom stereocenters. The van der Waals surface area contributed by atoms with Gasteiger partial charge >= 0.3 is 0 Å². The van der Waals surface area contributed by atoms with Crippen molar-refractivity contribution in [3.8, 4) is 10.4 Å². The van der Waals surface area contributed by atoms with Gasteiger partial charge in [0.1, 0.15) is 0 Å². The zero-order chi connectivity index (χ0) is 10.5. The fraction of sp³-hybridized carbons (Fsp3) is 0.273. The molecule has 0 aliphatic heterocycles. The van der Waals surface area contributed by atoms with Crippen LogP contribution in [0.3, 0.4) is 0 Å². The largest absolute Gasteiger partial charge is 0.362 e. The van der Waals surface area contributed by atoms with E-state index < -0.39 is 0 Å². The van der Waals surface area contributed by atoms with Crippen LogP contribution in [0.1, 0.15) is 13.3 Å². The maximum Gasteiger partial charge on any atom is 0.183 e. The van der Waals surface area contributed by atoms with Crippen LogP contribution in [0, 0.1) is 0 Å². The molecule has 2 rings (SSSR count). The molecular weight excluding hydrogens is 206 g/mol. The fourth-order valence-electron chi connectivity index (χ4n) is 1.23. The molecule has 2 aromatic rings. The zero-order valence-corrected chi connectivity index (χ0v) is 9.42. The Morgan fingerprint density at radius 3 is 3.07 bits per heavy atom. The third-order valence-corrected chi connectivity index (χ3v) is 2.98. The van der Waals surface area contributed by atoms with Crippen molar-refractivity contribution in [1.82, 2.24) is 9.97 Å². The Morgan fingerprint density at radius 1 is 1.40 bits per heavy atom. The van der Waals surface area contributed by atoms with Crippen LogP contribution in [-0.2, 0) is 0 Å². The zero-order valence-electron chi connectivity index (χ0n) is 8.60. The van der Waals surface area contributed by atoms with Gasteiger partial charge in [0.05, 0.1) is 4.88 Å². The van der Waals surface area contributed by atoms with Gasteiger partial charge < -0.3 is 5.32 Å². The summed E-state index contributed by atoms with van der Waals surface area (Å²) >= 11 is 1.66. The molecule has 0 aromatic carbocycles. The maximum atomic E-state index is 4.31. The normalized spacial score (nSPS) is 10.2. The number of pyridine rings is 1. The van der Waals surface area contributed by atoms with Crippen molar-refractivity contribution in [3.63, 3.8) is 0 Å². The fourth-order valence-corrected chi connectivity index (χ4v) is 2.06. The van der Waals surface area contributed by atoms with E-state index in [9.17, 15) is 0 Å². The molecule has 0 saturated carbocycles. The van der Waals surface area contributed by atoms with Gasteiger partial charge in [-0.05, 0) is 12.5 Å². The molecule has 1 N–H and O–H groups in total. The molecule has 0 saturated heterocycles. The van der Waals surface area contributed by atoms with E-state index in [1.54, 1.807) is 17.5 Å². The summed E-state index contributed by atoms with van der Waals surface area (Å²) in [6.07, 6.45) is 6.64. The monoisotopic (exact) mass is 219 g/mol. The maximum absolute atomic E-state index is 4.31. The van der Waals surface area contributed by atoms with E-state index in [0.29, 0.717) is 0 Å². The second-order valence-corrected chi connectivity index (χ2v) is 4.23. The molecule has 0 amide bonds. The Morgan fingerprint density at radius 2 is 2.33 bits per heavy atom. The number of thiazole rings is 1. The van der Waals surface area contributed by atoms with Crippen LogP contribution in [0.5, 0.6) is 0 Å². The van der Waals surface area contributed by atoms with E-state index in [1.807, 2.05) is 24.5 Å². The lowest BCUT2D eigenvalue weighted by molar-refractivity contribution is 0.976. The third-order valence-electron chi connectivity index (χ3n) is 1.98. The van der Waals surface area contributed by atoms with Crippen molar-refractivity contribution in [2.24, 2.45) is 0 Å². The molecule has 2 aromatic heterocycles. The van der Waals surface area contributed by atoms with Crippen LogP contribution in [0.25, 0.3) is 10.4 Å². The molecule has 4 heteroatoms. The van der Waals surface area contributed by atoms with Crippen LogP contribution < -0.4 is 5.32 Å². The lowest BCUT2D eigenvalue weighted by Gasteiger charge is -1.97. The van der Waals surface area contributed by atoms with Crippen LogP contribution in [-0.4, -0.2) is 16.5 Å². The molecule has 0 aliphatic carbocycles. The molecule has 0 spiro atoms. The van der Waals surface area contributed by atoms with E-state index in [0.717, 1.165) is 28.5 Å². The summed E-state index contributed by atoms with van der Waals surface area (Å²) in [7, 11) is 0. The van der Waals surface area contributed by atoms with Gasteiger partial charge in [0.15, 0.2) is 5.13 Å². The summed E-state index contributed by atoms with van der Waals surface area (Å²) in [4.78, 5) is 9.56. The van der Waals surface area contributed by atoms with Crippen molar-refractivity contribution in [2.75, 3.05) is 11.9 Å². The first-order valence-electron chi connectivity index (χ1n) is 5.00. The number of nitrogens with zero attached hydrogens (tertiary/aromatic N) is 2. The van der Waals surface area contributed by atoms with Gasteiger partial charge in [0, 0.05) is 30.7 Å². The number of hydrogen-bond acceptors (Lipinski definition) is 4. The van der Waals surface area contributed by atoms with Gasteiger partial charge in [-0.1, -0.05) is 24.3 Å². The lowest BCUT2D eigenvalue weighted by atomic mass is 10.3. The van der Waals surface area contributed by atoms with E-state index in [2.05, 4.69) is 22.2 Å². The molecule has 3 nitrogen and oxygen atoms in total. The summed E-state index contributed by atoms with van der Waals surface area (Å²) < 4.78 is 0. The smallest absolute Gasteiger partial charge is 0.183 e. The minimum Gasteiger partial charge on any atom is -0.362 e. The molecule has 0 fully saturated rings. The van der Waals surface area contributed by atoms with Crippen LogP contribution in [0.4, 0.5) is 5.13 Å². The summed E-state index contributed by atoms with van der Waals surface area (Å²) in [6, 6.07) is 3.98. The standard InChI is InChI=1S/C11H13N3S/c1-2-5-13-11-14-8-10(15-11)9-4-3-6-12-7-9/h3-4,6-8H,2,5H2,1H3,(H,13,14). The number of nitrogens with one attached hydrogen (secondary N) is 1. The molecule has 2 heterocycles. The average Bonchev–Trinajstić information content (AvgIpc) is 2.76. The van der Waals surface area contributed by atoms with Crippen molar-refractivity contribution in [3.05, 3.63) is 30.7 Å². The van der Waals surface area contributed by atoms with Crippen LogP contribution in [0.2, 0.25) is 0 Å². The summed E-state index contributed by atoms with van der Waals surface area (Å²) in [5, 5.41) is 4.25. The Balaban J connectivity index is 2.14. The highest BCUT2D eigenvalue weighted by Gasteiger charge is 2.02. The quantitative estimate of drug-likeness (QED) is 0.859. The molecular formula is C11H13N3S. The second-order valence-electron chi connectivity index (χ2n) is 3.20. The number of anilines is 1. The highest BCUT2D eigenvalue weighted by atomic mass is 32.1. The van der Waals surface area contributed by atoms with Crippen LogP contribution >= 0.6 is 11.3 Å². The predicted octanol–water partition coefficient (Wildman–Crippen LogP) is 3.03. The number of aromatic nitrogens is 2. The van der Waals surface area contributed by atoms with Gasteiger partial charge in [-0.15, -0.1) is 0 Å². The molecule has 15 heavy (non-hydrogen) atoms. The van der Waals surface area contributed by atoms with E-state index in [4.69, 9.17) is 0 Å². The Bertz CT molecular complexity index is 411. The molecule has 0 bridgehead atoms. The first-order chi connectivity index (χ1) is 7.40. The van der Waals surface area contributed by atoms with Gasteiger partial charge in [-0.2, -0.15) is 0 Å². The highest BCUT2D eigenvalue weighted by Crippen LogP contribution is 2.27. The van der Waals surface area contributed by atoms with Crippen LogP contribution in [0.15, 0.2) is 30.7 Å². The minimum absolute atomic E-state index is 0.972. The van der Waals surface area contributed by atoms with Gasteiger partial charge in [0.2, 0.25) is 0 Å². The van der Waals surface area contributed by atoms with Crippen molar-refractivity contribution >= 4 is 16.5 Å². The summed E-state index contributed by atoms with van der Waals surface area (Å²) in [5.74, 6) is 0. The van der Waals surface area contributed by atoms with Gasteiger partial charge in [-0.25, -0.2) is 4.98 Å². The van der Waals surface area contributed by atoms with Crippen molar-refractivity contribution in [1.29, 1.82) is 0 Å². The first kappa shape index (κ1) is 10.1. The lowest BCUT2D eigenvalue weighted by Crippen LogP contribution is -1.97. The Kier molecular flexibility index (Phi) is 3.29. The molecule has 78 valence electrons. The Labute approximate surface area is 93.2 Å². The topological polar surface area (TPSA) is 37.8 Å². The minimum atomic E-state index is 0.972. The predicted molar refractivity (Wildman–Crippen MR) is 64.1 cm³/mol. The van der Waals surface area contributed by atoms with Crippen molar-refractivity contribution < 1.29 is 0 Å². The SMILES string of the molecule is CCCNc1ncc(-c2cccnc2)s1. The Hall–Kier alpha value is -1.42. The first-order valence-corrected chi connectivity index (χ1v) is 5.82. The van der Waals surface area contributed by atoms with Crippen molar-refractivity contribution in [2.45, 2.75) is 13.3 Å². The summed E-state index contributed by atoms with van der Waals surface area (Å²) in [6.45, 7) is 3.11. The second kappa shape index (κ2) is 4.89. The number of rotatable bonds is 4. The van der Waals surface area contributed by atoms with E-state index in [1.165, 1.54) is 0 Å². The third kappa shape index (κ3) is 2.53. The van der Waals surface area contributed by atoms with E-state index >= 15 is 0 Å². The van der Waals surface area contributed by atoms with E-state index in [-0.39, 0.29) is 0 Å². The highest BCUT2D eigenvalue weighted by molar-refractivity contribution is 7.18. The van der Waals surface area contributed by atoms with Gasteiger partial charge in [0.25, 0.3) is 0 Å². The average molecular weight is 219 g/mol. The molecule has 0 atom stereocenters.